The van der Waals surface area contributed by atoms with Crippen LogP contribution in [-0.4, -0.2) is 7.11 Å². The predicted molar refractivity (Wildman–Crippen MR) is 136 cm³/mol. The molecule has 2 aliphatic rings. The van der Waals surface area contributed by atoms with Crippen LogP contribution in [-0.2, 0) is 0 Å². The maximum Gasteiger partial charge on any atom is 0.200 e. The van der Waals surface area contributed by atoms with Gasteiger partial charge in [0, 0.05) is 6.42 Å². The van der Waals surface area contributed by atoms with Crippen LogP contribution in [0.4, 0.5) is 8.78 Å². The Labute approximate surface area is 202 Å². The van der Waals surface area contributed by atoms with Gasteiger partial charge in [-0.2, -0.15) is 4.39 Å². The summed E-state index contributed by atoms with van der Waals surface area (Å²) in [5.74, 6) is 3.86. The lowest BCUT2D eigenvalue weighted by Crippen LogP contribution is -2.25. The van der Waals surface area contributed by atoms with Crippen molar-refractivity contribution in [1.82, 2.24) is 0 Å². The molecule has 1 aromatic rings. The fourth-order valence-corrected chi connectivity index (χ4v) is 5.93. The zero-order chi connectivity index (χ0) is 24.1. The highest BCUT2D eigenvalue weighted by atomic mass is 19.2. The molecule has 3 heteroatoms. The SMILES string of the molecule is C#CCCCCCC.CCCC1CCC(C2CCC(c3ccc(OC)c(F)c3F)CC2)CC1. The highest BCUT2D eigenvalue weighted by Gasteiger charge is 2.32. The standard InChI is InChI=1S/C22H32F2O.C8H14/c1-3-4-15-5-7-16(8-6-15)17-9-11-18(12-10-17)19-13-14-20(25-2)22(24)21(19)23;1-3-5-7-8-6-4-2/h13-18H,3-12H2,1-2H3;1H,4-8H2,2H3. The summed E-state index contributed by atoms with van der Waals surface area (Å²) in [4.78, 5) is 0. The molecule has 2 aliphatic carbocycles. The van der Waals surface area contributed by atoms with E-state index in [-0.39, 0.29) is 11.7 Å². The van der Waals surface area contributed by atoms with Crippen molar-refractivity contribution in [2.24, 2.45) is 17.8 Å². The third-order valence-corrected chi connectivity index (χ3v) is 7.94. The molecule has 2 saturated carbocycles. The van der Waals surface area contributed by atoms with E-state index in [1.807, 2.05) is 0 Å². The van der Waals surface area contributed by atoms with E-state index in [0.717, 1.165) is 37.0 Å². The van der Waals surface area contributed by atoms with Gasteiger partial charge in [0.15, 0.2) is 11.6 Å². The minimum atomic E-state index is -0.837. The molecule has 0 aromatic heterocycles. The fraction of sp³-hybridized carbons (Fsp3) is 0.733. The van der Waals surface area contributed by atoms with E-state index in [1.54, 1.807) is 12.1 Å². The third-order valence-electron chi connectivity index (χ3n) is 7.94. The van der Waals surface area contributed by atoms with E-state index in [4.69, 9.17) is 11.2 Å². The number of terminal acetylenes is 1. The highest BCUT2D eigenvalue weighted by Crippen LogP contribution is 2.45. The number of methoxy groups -OCH3 is 1. The van der Waals surface area contributed by atoms with E-state index < -0.39 is 11.6 Å². The summed E-state index contributed by atoms with van der Waals surface area (Å²) in [5, 5.41) is 0. The van der Waals surface area contributed by atoms with Crippen LogP contribution in [0.25, 0.3) is 0 Å². The van der Waals surface area contributed by atoms with E-state index in [0.29, 0.717) is 5.56 Å². The molecule has 186 valence electrons. The molecule has 2 fully saturated rings. The van der Waals surface area contributed by atoms with Gasteiger partial charge in [-0.15, -0.1) is 12.3 Å². The Kier molecular flexibility index (Phi) is 12.9. The van der Waals surface area contributed by atoms with Gasteiger partial charge < -0.3 is 4.74 Å². The van der Waals surface area contributed by atoms with Gasteiger partial charge >= 0.3 is 0 Å². The van der Waals surface area contributed by atoms with Gasteiger partial charge in [0.1, 0.15) is 0 Å². The van der Waals surface area contributed by atoms with Gasteiger partial charge in [-0.3, -0.25) is 0 Å². The van der Waals surface area contributed by atoms with Crippen molar-refractivity contribution in [3.05, 3.63) is 29.3 Å². The van der Waals surface area contributed by atoms with Gasteiger partial charge in [-0.1, -0.05) is 64.9 Å². The van der Waals surface area contributed by atoms with Crippen LogP contribution in [0.2, 0.25) is 0 Å². The zero-order valence-electron chi connectivity index (χ0n) is 21.3. The van der Waals surface area contributed by atoms with Gasteiger partial charge in [0.25, 0.3) is 0 Å². The lowest BCUT2D eigenvalue weighted by Gasteiger charge is -2.38. The lowest BCUT2D eigenvalue weighted by atomic mass is 9.68. The molecule has 3 rings (SSSR count). The summed E-state index contributed by atoms with van der Waals surface area (Å²) in [5.41, 5.74) is 0.545. The molecule has 0 bridgehead atoms. The first-order valence-corrected chi connectivity index (χ1v) is 13.5. The molecule has 0 amide bonds. The minimum absolute atomic E-state index is 0.00113. The number of unbranched alkanes of at least 4 members (excludes halogenated alkanes) is 4. The van der Waals surface area contributed by atoms with E-state index in [9.17, 15) is 8.78 Å². The van der Waals surface area contributed by atoms with Crippen LogP contribution in [0.5, 0.6) is 5.75 Å². The summed E-state index contributed by atoms with van der Waals surface area (Å²) in [7, 11) is 1.37. The Balaban J connectivity index is 0.000000414. The zero-order valence-corrected chi connectivity index (χ0v) is 21.3. The number of rotatable bonds is 9. The van der Waals surface area contributed by atoms with Crippen molar-refractivity contribution in [1.29, 1.82) is 0 Å². The summed E-state index contributed by atoms with van der Waals surface area (Å²) < 4.78 is 33.2. The van der Waals surface area contributed by atoms with Crippen LogP contribution in [0.15, 0.2) is 12.1 Å². The first kappa shape index (κ1) is 27.7. The van der Waals surface area contributed by atoms with Gasteiger partial charge in [0.05, 0.1) is 7.11 Å². The predicted octanol–water partition coefficient (Wildman–Crippen LogP) is 9.44. The smallest absolute Gasteiger partial charge is 0.200 e. The molecular formula is C30H46F2O. The Hall–Kier alpha value is -1.56. The Bertz CT molecular complexity index is 707. The number of benzene rings is 1. The van der Waals surface area contributed by atoms with Crippen LogP contribution in [0, 0.1) is 41.7 Å². The molecule has 0 aliphatic heterocycles. The number of ether oxygens (including phenoxy) is 1. The molecule has 0 spiro atoms. The normalized spacial score (nSPS) is 25.0. The molecule has 1 aromatic carbocycles. The Morgan fingerprint density at radius 1 is 0.848 bits per heavy atom. The van der Waals surface area contributed by atoms with E-state index >= 15 is 0 Å². The largest absolute Gasteiger partial charge is 0.494 e. The molecule has 0 N–H and O–H groups in total. The lowest BCUT2D eigenvalue weighted by molar-refractivity contribution is 0.156. The average Bonchev–Trinajstić information content (AvgIpc) is 2.85. The second kappa shape index (κ2) is 15.4. The van der Waals surface area contributed by atoms with Gasteiger partial charge in [0.2, 0.25) is 5.82 Å². The Morgan fingerprint density at radius 3 is 2.03 bits per heavy atom. The maximum absolute atomic E-state index is 14.3. The summed E-state index contributed by atoms with van der Waals surface area (Å²) in [6, 6.07) is 3.28. The molecular weight excluding hydrogens is 414 g/mol. The van der Waals surface area contributed by atoms with Crippen LogP contribution >= 0.6 is 0 Å². The van der Waals surface area contributed by atoms with E-state index in [2.05, 4.69) is 19.8 Å². The summed E-state index contributed by atoms with van der Waals surface area (Å²) >= 11 is 0. The number of halogens is 2. The van der Waals surface area contributed by atoms with Crippen molar-refractivity contribution in [2.75, 3.05) is 7.11 Å². The van der Waals surface area contributed by atoms with Crippen molar-refractivity contribution >= 4 is 0 Å². The second-order valence-corrected chi connectivity index (χ2v) is 10.2. The molecule has 0 atom stereocenters. The number of hydrogen-bond acceptors (Lipinski definition) is 1. The van der Waals surface area contributed by atoms with Crippen LogP contribution in [0.3, 0.4) is 0 Å². The summed E-state index contributed by atoms with van der Waals surface area (Å²) in [6.45, 7) is 4.49. The second-order valence-electron chi connectivity index (χ2n) is 10.2. The molecule has 1 nitrogen and oxygen atoms in total. The van der Waals surface area contributed by atoms with Crippen molar-refractivity contribution in [3.63, 3.8) is 0 Å². The first-order chi connectivity index (χ1) is 16.0. The Morgan fingerprint density at radius 2 is 1.48 bits per heavy atom. The van der Waals surface area contributed by atoms with Gasteiger partial charge in [-0.05, 0) is 80.2 Å². The number of hydrogen-bond donors (Lipinski definition) is 0. The van der Waals surface area contributed by atoms with Crippen LogP contribution < -0.4 is 4.74 Å². The molecule has 0 unspecified atom stereocenters. The molecule has 0 radical (unpaired) electrons. The summed E-state index contributed by atoms with van der Waals surface area (Å²) in [6.07, 6.45) is 23.7. The van der Waals surface area contributed by atoms with Crippen molar-refractivity contribution < 1.29 is 13.5 Å². The minimum Gasteiger partial charge on any atom is -0.494 e. The van der Waals surface area contributed by atoms with Crippen molar-refractivity contribution in [2.45, 2.75) is 116 Å². The monoisotopic (exact) mass is 460 g/mol. The molecule has 33 heavy (non-hydrogen) atoms. The maximum atomic E-state index is 14.3. The topological polar surface area (TPSA) is 9.23 Å². The fourth-order valence-electron chi connectivity index (χ4n) is 5.93. The van der Waals surface area contributed by atoms with Crippen LogP contribution in [0.1, 0.15) is 122 Å². The van der Waals surface area contributed by atoms with E-state index in [1.165, 1.54) is 84.2 Å². The van der Waals surface area contributed by atoms with Gasteiger partial charge in [-0.25, -0.2) is 4.39 Å². The molecule has 0 heterocycles. The first-order valence-electron chi connectivity index (χ1n) is 13.5. The third kappa shape index (κ3) is 8.62. The quantitative estimate of drug-likeness (QED) is 0.263. The highest BCUT2D eigenvalue weighted by molar-refractivity contribution is 5.33. The average molecular weight is 461 g/mol. The van der Waals surface area contributed by atoms with Crippen molar-refractivity contribution in [3.8, 4) is 18.1 Å². The molecule has 0 saturated heterocycles.